The van der Waals surface area contributed by atoms with Crippen LogP contribution in [0.1, 0.15) is 24.0 Å². The van der Waals surface area contributed by atoms with Crippen molar-refractivity contribution in [2.24, 2.45) is 11.1 Å². The maximum atomic E-state index is 5.84. The van der Waals surface area contributed by atoms with Crippen LogP contribution in [0.4, 0.5) is 0 Å². The highest BCUT2D eigenvalue weighted by molar-refractivity contribution is 5.47. The molecular formula is C14H21NO2. The van der Waals surface area contributed by atoms with E-state index >= 15 is 0 Å². The highest BCUT2D eigenvalue weighted by Gasteiger charge is 2.41. The fourth-order valence-electron chi connectivity index (χ4n) is 2.25. The predicted molar refractivity (Wildman–Crippen MR) is 68.7 cm³/mol. The van der Waals surface area contributed by atoms with Crippen LogP contribution in [0.2, 0.25) is 0 Å². The van der Waals surface area contributed by atoms with E-state index in [4.69, 9.17) is 15.2 Å². The summed E-state index contributed by atoms with van der Waals surface area (Å²) in [5.74, 6) is 1.60. The Morgan fingerprint density at radius 1 is 1.18 bits per heavy atom. The molecule has 2 rings (SSSR count). The lowest BCUT2D eigenvalue weighted by atomic mass is 9.93. The average molecular weight is 235 g/mol. The van der Waals surface area contributed by atoms with Gasteiger partial charge in [-0.3, -0.25) is 0 Å². The Balaban J connectivity index is 2.28. The molecule has 17 heavy (non-hydrogen) atoms. The average Bonchev–Trinajstić information content (AvgIpc) is 3.11. The van der Waals surface area contributed by atoms with Crippen LogP contribution < -0.4 is 15.2 Å². The van der Waals surface area contributed by atoms with E-state index in [9.17, 15) is 0 Å². The first kappa shape index (κ1) is 12.2. The van der Waals surface area contributed by atoms with Crippen molar-refractivity contribution >= 4 is 0 Å². The van der Waals surface area contributed by atoms with E-state index in [0.29, 0.717) is 5.41 Å². The first-order valence-electron chi connectivity index (χ1n) is 6.06. The van der Waals surface area contributed by atoms with Gasteiger partial charge in [-0.2, -0.15) is 0 Å². The number of nitrogens with two attached hydrogens (primary N) is 1. The van der Waals surface area contributed by atoms with E-state index in [0.717, 1.165) is 24.5 Å². The quantitative estimate of drug-likeness (QED) is 0.851. The molecule has 3 nitrogen and oxygen atoms in total. The van der Waals surface area contributed by atoms with Crippen LogP contribution in [0.3, 0.4) is 0 Å². The molecular weight excluding hydrogens is 214 g/mol. The Kier molecular flexibility index (Phi) is 3.29. The largest absolute Gasteiger partial charge is 0.493 e. The molecule has 0 amide bonds. The van der Waals surface area contributed by atoms with Crippen LogP contribution >= 0.6 is 0 Å². The minimum Gasteiger partial charge on any atom is -0.493 e. The van der Waals surface area contributed by atoms with Gasteiger partial charge in [0.05, 0.1) is 14.2 Å². The van der Waals surface area contributed by atoms with E-state index < -0.39 is 0 Å². The van der Waals surface area contributed by atoms with Crippen LogP contribution in [-0.4, -0.2) is 20.8 Å². The molecule has 3 heteroatoms. The fourth-order valence-corrected chi connectivity index (χ4v) is 2.25. The highest BCUT2D eigenvalue weighted by atomic mass is 16.5. The van der Waals surface area contributed by atoms with Gasteiger partial charge in [-0.05, 0) is 61.4 Å². The SMILES string of the molecule is COc1cc(C)c(CC2(CN)CC2)cc1OC. The third kappa shape index (κ3) is 2.39. The second-order valence-electron chi connectivity index (χ2n) is 5.01. The third-order valence-electron chi connectivity index (χ3n) is 3.80. The number of hydrogen-bond acceptors (Lipinski definition) is 3. The number of aryl methyl sites for hydroxylation is 1. The maximum Gasteiger partial charge on any atom is 0.161 e. The van der Waals surface area contributed by atoms with Gasteiger partial charge >= 0.3 is 0 Å². The summed E-state index contributed by atoms with van der Waals surface area (Å²) in [4.78, 5) is 0. The summed E-state index contributed by atoms with van der Waals surface area (Å²) in [6.45, 7) is 2.89. The standard InChI is InChI=1S/C14H21NO2/c1-10-6-12(16-2)13(17-3)7-11(10)8-14(9-15)4-5-14/h6-7H,4-5,8-9,15H2,1-3H3. The Labute approximate surface area is 103 Å². The number of hydrogen-bond donors (Lipinski definition) is 1. The smallest absolute Gasteiger partial charge is 0.161 e. The van der Waals surface area contributed by atoms with Crippen molar-refractivity contribution in [2.45, 2.75) is 26.2 Å². The van der Waals surface area contributed by atoms with Gasteiger partial charge in [-0.25, -0.2) is 0 Å². The fraction of sp³-hybridized carbons (Fsp3) is 0.571. The van der Waals surface area contributed by atoms with Crippen LogP contribution in [0.25, 0.3) is 0 Å². The molecule has 2 N–H and O–H groups in total. The van der Waals surface area contributed by atoms with Crippen molar-refractivity contribution in [3.05, 3.63) is 23.3 Å². The van der Waals surface area contributed by atoms with Gasteiger partial charge < -0.3 is 15.2 Å². The molecule has 1 aromatic carbocycles. The molecule has 0 aliphatic heterocycles. The molecule has 0 bridgehead atoms. The summed E-state index contributed by atoms with van der Waals surface area (Å²) >= 11 is 0. The second kappa shape index (κ2) is 4.57. The van der Waals surface area contributed by atoms with Crippen molar-refractivity contribution in [2.75, 3.05) is 20.8 Å². The summed E-state index contributed by atoms with van der Waals surface area (Å²) in [6.07, 6.45) is 3.55. The Hall–Kier alpha value is -1.22. The zero-order valence-electron chi connectivity index (χ0n) is 10.9. The molecule has 0 aromatic heterocycles. The molecule has 0 saturated heterocycles. The van der Waals surface area contributed by atoms with E-state index in [1.54, 1.807) is 14.2 Å². The summed E-state index contributed by atoms with van der Waals surface area (Å²) in [5.41, 5.74) is 8.77. The van der Waals surface area contributed by atoms with Gasteiger partial charge in [0.25, 0.3) is 0 Å². The summed E-state index contributed by atoms with van der Waals surface area (Å²) in [7, 11) is 3.34. The topological polar surface area (TPSA) is 44.5 Å². The Bertz CT molecular complexity index is 411. The minimum absolute atomic E-state index is 0.352. The van der Waals surface area contributed by atoms with Gasteiger partial charge in [0.15, 0.2) is 11.5 Å². The molecule has 1 saturated carbocycles. The van der Waals surface area contributed by atoms with Crippen LogP contribution in [-0.2, 0) is 6.42 Å². The van der Waals surface area contributed by atoms with E-state index in [1.807, 2.05) is 6.07 Å². The van der Waals surface area contributed by atoms with E-state index in [1.165, 1.54) is 24.0 Å². The van der Waals surface area contributed by atoms with Gasteiger partial charge in [-0.1, -0.05) is 0 Å². The number of ether oxygens (including phenoxy) is 2. The zero-order chi connectivity index (χ0) is 12.5. The number of methoxy groups -OCH3 is 2. The van der Waals surface area contributed by atoms with Crippen molar-refractivity contribution in [3.8, 4) is 11.5 Å². The van der Waals surface area contributed by atoms with Crippen LogP contribution in [0.5, 0.6) is 11.5 Å². The zero-order valence-corrected chi connectivity index (χ0v) is 10.9. The van der Waals surface area contributed by atoms with Crippen molar-refractivity contribution in [1.29, 1.82) is 0 Å². The van der Waals surface area contributed by atoms with Gasteiger partial charge in [0, 0.05) is 0 Å². The maximum absolute atomic E-state index is 5.84. The minimum atomic E-state index is 0.352. The molecule has 0 atom stereocenters. The molecule has 1 aromatic rings. The highest BCUT2D eigenvalue weighted by Crippen LogP contribution is 2.48. The van der Waals surface area contributed by atoms with Gasteiger partial charge in [0.1, 0.15) is 0 Å². The molecule has 1 aliphatic carbocycles. The molecule has 94 valence electrons. The van der Waals surface area contributed by atoms with Gasteiger partial charge in [-0.15, -0.1) is 0 Å². The van der Waals surface area contributed by atoms with E-state index in [2.05, 4.69) is 13.0 Å². The molecule has 1 fully saturated rings. The van der Waals surface area contributed by atoms with Crippen molar-refractivity contribution < 1.29 is 9.47 Å². The Morgan fingerprint density at radius 2 is 1.76 bits per heavy atom. The lowest BCUT2D eigenvalue weighted by molar-refractivity contribution is 0.353. The van der Waals surface area contributed by atoms with Crippen LogP contribution in [0.15, 0.2) is 12.1 Å². The Morgan fingerprint density at radius 3 is 2.24 bits per heavy atom. The normalized spacial score (nSPS) is 16.7. The molecule has 0 heterocycles. The first-order chi connectivity index (χ1) is 8.14. The van der Waals surface area contributed by atoms with Crippen LogP contribution in [0, 0.1) is 12.3 Å². The lowest BCUT2D eigenvalue weighted by Crippen LogP contribution is -2.18. The summed E-state index contributed by atoms with van der Waals surface area (Å²) in [6, 6.07) is 4.13. The molecule has 1 aliphatic rings. The number of benzene rings is 1. The van der Waals surface area contributed by atoms with E-state index in [-0.39, 0.29) is 0 Å². The van der Waals surface area contributed by atoms with Crippen molar-refractivity contribution in [3.63, 3.8) is 0 Å². The predicted octanol–water partition coefficient (Wildman–Crippen LogP) is 2.29. The summed E-state index contributed by atoms with van der Waals surface area (Å²) in [5, 5.41) is 0. The first-order valence-corrected chi connectivity index (χ1v) is 6.06. The number of rotatable bonds is 5. The molecule has 0 unspecified atom stereocenters. The summed E-state index contributed by atoms with van der Waals surface area (Å²) < 4.78 is 10.6. The van der Waals surface area contributed by atoms with Gasteiger partial charge in [0.2, 0.25) is 0 Å². The lowest BCUT2D eigenvalue weighted by Gasteiger charge is -2.17. The monoisotopic (exact) mass is 235 g/mol. The second-order valence-corrected chi connectivity index (χ2v) is 5.01. The van der Waals surface area contributed by atoms with Crippen molar-refractivity contribution in [1.82, 2.24) is 0 Å². The molecule has 0 radical (unpaired) electrons. The third-order valence-corrected chi connectivity index (χ3v) is 3.80. The molecule has 0 spiro atoms.